The Labute approximate surface area is 227 Å². The Balaban J connectivity index is 1.03. The maximum absolute atomic E-state index is 12.3. The van der Waals surface area contributed by atoms with Crippen LogP contribution in [0.5, 0.6) is 0 Å². The molecule has 0 amide bonds. The summed E-state index contributed by atoms with van der Waals surface area (Å²) in [6, 6.07) is 0. The van der Waals surface area contributed by atoms with Crippen molar-refractivity contribution in [2.24, 2.45) is 41.4 Å². The normalized spacial score (nSPS) is 37.5. The topological polar surface area (TPSA) is 9.23 Å². The Morgan fingerprint density at radius 1 is 0.649 bits per heavy atom. The van der Waals surface area contributed by atoms with Crippen LogP contribution >= 0.6 is 0 Å². The Kier molecular flexibility index (Phi) is 12.5. The van der Waals surface area contributed by atoms with E-state index in [1.807, 2.05) is 0 Å². The molecule has 0 bridgehead atoms. The maximum Gasteiger partial charge on any atom is 0.266 e. The number of rotatable bonds is 11. The third-order valence-electron chi connectivity index (χ3n) is 11.0. The first-order chi connectivity index (χ1) is 18.1. The molecule has 4 aliphatic rings. The number of halogens is 2. The molecule has 0 radical (unpaired) electrons. The summed E-state index contributed by atoms with van der Waals surface area (Å²) in [6.07, 6.45) is 31.2. The van der Waals surface area contributed by atoms with Crippen LogP contribution in [0.4, 0.5) is 8.78 Å². The number of allylic oxidation sites excluding steroid dienone is 3. The molecule has 4 rings (SSSR count). The van der Waals surface area contributed by atoms with Crippen LogP contribution in [0, 0.1) is 41.4 Å². The van der Waals surface area contributed by atoms with E-state index in [0.29, 0.717) is 18.4 Å². The lowest BCUT2D eigenvalue weighted by Gasteiger charge is -2.41. The van der Waals surface area contributed by atoms with Crippen LogP contribution in [-0.2, 0) is 4.74 Å². The zero-order valence-electron chi connectivity index (χ0n) is 23.9. The van der Waals surface area contributed by atoms with Crippen molar-refractivity contribution < 1.29 is 13.5 Å². The molecule has 1 saturated heterocycles. The van der Waals surface area contributed by atoms with E-state index in [4.69, 9.17) is 4.74 Å². The summed E-state index contributed by atoms with van der Waals surface area (Å²) in [5.74, 6) is 5.95. The van der Waals surface area contributed by atoms with Gasteiger partial charge in [0.15, 0.2) is 0 Å². The molecule has 2 atom stereocenters. The summed E-state index contributed by atoms with van der Waals surface area (Å²) < 4.78 is 31.1. The van der Waals surface area contributed by atoms with Gasteiger partial charge in [-0.3, -0.25) is 0 Å². The first-order valence-corrected chi connectivity index (χ1v) is 16.4. The molecule has 212 valence electrons. The van der Waals surface area contributed by atoms with Gasteiger partial charge in [0.1, 0.15) is 0 Å². The number of ether oxygens (including phenoxy) is 1. The minimum absolute atomic E-state index is 0.532. The average molecular weight is 519 g/mol. The first-order valence-electron chi connectivity index (χ1n) is 16.4. The monoisotopic (exact) mass is 518 g/mol. The molecular weight excluding hydrogens is 462 g/mol. The van der Waals surface area contributed by atoms with E-state index < -0.39 is 6.08 Å². The maximum atomic E-state index is 12.3. The van der Waals surface area contributed by atoms with Gasteiger partial charge in [-0.2, -0.15) is 8.78 Å². The van der Waals surface area contributed by atoms with E-state index in [1.54, 1.807) is 0 Å². The van der Waals surface area contributed by atoms with E-state index in [2.05, 4.69) is 19.1 Å². The highest BCUT2D eigenvalue weighted by Crippen LogP contribution is 2.44. The van der Waals surface area contributed by atoms with Gasteiger partial charge in [-0.1, -0.05) is 44.3 Å². The predicted molar refractivity (Wildman–Crippen MR) is 152 cm³/mol. The third-order valence-corrected chi connectivity index (χ3v) is 11.0. The van der Waals surface area contributed by atoms with E-state index >= 15 is 0 Å². The fourth-order valence-corrected chi connectivity index (χ4v) is 8.60. The summed E-state index contributed by atoms with van der Waals surface area (Å²) in [5, 5.41) is 0. The lowest BCUT2D eigenvalue weighted by Crippen LogP contribution is -2.35. The van der Waals surface area contributed by atoms with Crippen LogP contribution in [0.25, 0.3) is 0 Å². The van der Waals surface area contributed by atoms with Crippen LogP contribution < -0.4 is 0 Å². The fraction of sp³-hybridized carbons (Fsp3) is 0.882. The van der Waals surface area contributed by atoms with Gasteiger partial charge >= 0.3 is 0 Å². The molecule has 0 spiro atoms. The molecule has 0 N–H and O–H groups in total. The summed E-state index contributed by atoms with van der Waals surface area (Å²) >= 11 is 0. The van der Waals surface area contributed by atoms with Crippen molar-refractivity contribution in [3.8, 4) is 0 Å². The highest BCUT2D eigenvalue weighted by molar-refractivity contribution is 4.89. The van der Waals surface area contributed by atoms with Gasteiger partial charge < -0.3 is 4.74 Å². The second kappa shape index (κ2) is 15.8. The van der Waals surface area contributed by atoms with Crippen LogP contribution in [0.1, 0.15) is 135 Å². The van der Waals surface area contributed by atoms with E-state index in [1.165, 1.54) is 116 Å². The van der Waals surface area contributed by atoms with E-state index in [0.717, 1.165) is 54.6 Å². The number of hydrogen-bond donors (Lipinski definition) is 0. The zero-order valence-corrected chi connectivity index (χ0v) is 23.9. The second-order valence-electron chi connectivity index (χ2n) is 13.4. The van der Waals surface area contributed by atoms with Gasteiger partial charge in [0, 0.05) is 6.61 Å². The summed E-state index contributed by atoms with van der Waals surface area (Å²) in [6.45, 7) is 3.18. The van der Waals surface area contributed by atoms with Crippen molar-refractivity contribution >= 4 is 0 Å². The standard InChI is InChI=1S/C34H56F2O/c1-2-6-26-11-13-27(14-12-26)7-3-4-8-29-17-24-33(37-25-29)32-22-20-31(21-23-32)30-18-15-28(16-19-30)9-5-10-34(35)36/h2,6,10,26-33H,3-5,7-9,11-25H2,1H3/b6-2+. The van der Waals surface area contributed by atoms with Crippen molar-refractivity contribution in [3.63, 3.8) is 0 Å². The van der Waals surface area contributed by atoms with Crippen molar-refractivity contribution in [2.75, 3.05) is 6.61 Å². The Morgan fingerprint density at radius 3 is 1.78 bits per heavy atom. The molecule has 1 nitrogen and oxygen atoms in total. The smallest absolute Gasteiger partial charge is 0.266 e. The predicted octanol–water partition coefficient (Wildman–Crippen LogP) is 10.9. The van der Waals surface area contributed by atoms with Crippen LogP contribution in [0.3, 0.4) is 0 Å². The zero-order chi connectivity index (χ0) is 25.9. The Morgan fingerprint density at radius 2 is 1.19 bits per heavy atom. The largest absolute Gasteiger partial charge is 0.378 e. The summed E-state index contributed by atoms with van der Waals surface area (Å²) in [4.78, 5) is 0. The van der Waals surface area contributed by atoms with Crippen molar-refractivity contribution in [1.29, 1.82) is 0 Å². The van der Waals surface area contributed by atoms with E-state index in [-0.39, 0.29) is 0 Å². The van der Waals surface area contributed by atoms with Gasteiger partial charge in [-0.05, 0) is 151 Å². The number of unbranched alkanes of at least 4 members (excludes halogenated alkanes) is 1. The lowest BCUT2D eigenvalue weighted by molar-refractivity contribution is -0.0621. The van der Waals surface area contributed by atoms with Crippen molar-refractivity contribution in [3.05, 3.63) is 24.3 Å². The molecule has 0 aromatic rings. The Hall–Kier alpha value is -0.700. The molecule has 3 saturated carbocycles. The minimum Gasteiger partial charge on any atom is -0.378 e. The van der Waals surface area contributed by atoms with Crippen molar-refractivity contribution in [2.45, 2.75) is 141 Å². The van der Waals surface area contributed by atoms with Crippen LogP contribution in [-0.4, -0.2) is 12.7 Å². The first kappa shape index (κ1) is 29.3. The Bertz CT molecular complexity index is 666. The minimum atomic E-state index is -1.51. The molecule has 4 fully saturated rings. The summed E-state index contributed by atoms with van der Waals surface area (Å²) in [7, 11) is 0. The molecule has 37 heavy (non-hydrogen) atoms. The van der Waals surface area contributed by atoms with Gasteiger partial charge in [-0.25, -0.2) is 0 Å². The summed E-state index contributed by atoms with van der Waals surface area (Å²) in [5.41, 5.74) is 0. The molecule has 0 aromatic heterocycles. The molecular formula is C34H56F2O. The highest BCUT2D eigenvalue weighted by Gasteiger charge is 2.35. The van der Waals surface area contributed by atoms with Gasteiger partial charge in [0.2, 0.25) is 0 Å². The average Bonchev–Trinajstić information content (AvgIpc) is 2.93. The van der Waals surface area contributed by atoms with E-state index in [9.17, 15) is 8.78 Å². The molecule has 3 heteroatoms. The quantitative estimate of drug-likeness (QED) is 0.195. The number of hydrogen-bond acceptors (Lipinski definition) is 1. The van der Waals surface area contributed by atoms with Gasteiger partial charge in [-0.15, -0.1) is 0 Å². The molecule has 2 unspecified atom stereocenters. The van der Waals surface area contributed by atoms with Crippen LogP contribution in [0.15, 0.2) is 24.3 Å². The lowest BCUT2D eigenvalue weighted by atomic mass is 9.67. The molecule has 1 aliphatic heterocycles. The molecule has 0 aromatic carbocycles. The third kappa shape index (κ3) is 9.77. The second-order valence-corrected chi connectivity index (χ2v) is 13.4. The van der Waals surface area contributed by atoms with Gasteiger partial charge in [0.25, 0.3) is 6.08 Å². The van der Waals surface area contributed by atoms with Gasteiger partial charge in [0.05, 0.1) is 6.10 Å². The molecule has 3 aliphatic carbocycles. The molecule has 1 heterocycles. The van der Waals surface area contributed by atoms with Crippen molar-refractivity contribution in [1.82, 2.24) is 0 Å². The SMILES string of the molecule is C/C=C/C1CCC(CCCCC2CCC(C3CCC(C4CCC(CCC=C(F)F)CC4)CC3)OC2)CC1. The van der Waals surface area contributed by atoms with Crippen LogP contribution in [0.2, 0.25) is 0 Å². The highest BCUT2D eigenvalue weighted by atomic mass is 19.3. The fourth-order valence-electron chi connectivity index (χ4n) is 8.60.